The number of allylic oxidation sites excluding steroid dienone is 3. The fourth-order valence-electron chi connectivity index (χ4n) is 6.70. The standard InChI is InChI=1S/C36H37F8NO5/c1-19-31(22-10-24(35(39,40)41)15-25(11-22)36(42,43)44)50-33(46)45(19)17-23-16-34(2,3)9-8-26(23)27-12-20(6-7-30(27)48-5)21-13-28(37)32(29(38)14-21)49-18-47-4/h6-7,10-15,19,28,31-32H,8-9,16-18H2,1-5H3/t19-,28?,31-,32?/m0/s1. The molecule has 5 rings (SSSR count). The summed E-state index contributed by atoms with van der Waals surface area (Å²) >= 11 is 0. The second-order valence-electron chi connectivity index (χ2n) is 13.4. The number of rotatable bonds is 9. The normalized spacial score (nSPS) is 24.3. The Labute approximate surface area is 284 Å². The highest BCUT2D eigenvalue weighted by molar-refractivity contribution is 5.82. The highest BCUT2D eigenvalue weighted by Gasteiger charge is 2.44. The minimum Gasteiger partial charge on any atom is -0.496 e. The number of ether oxygens (including phenoxy) is 4. The number of cyclic esters (lactones) is 1. The number of halogens is 8. The lowest BCUT2D eigenvalue weighted by Crippen LogP contribution is -2.35. The van der Waals surface area contributed by atoms with Gasteiger partial charge in [0, 0.05) is 19.2 Å². The van der Waals surface area contributed by atoms with Crippen LogP contribution in [0.25, 0.3) is 11.1 Å². The molecular weight excluding hydrogens is 678 g/mol. The number of hydrogen-bond donors (Lipinski definition) is 0. The van der Waals surface area contributed by atoms with E-state index in [4.69, 9.17) is 18.9 Å². The highest BCUT2D eigenvalue weighted by Crippen LogP contribution is 2.47. The number of hydrogen-bond acceptors (Lipinski definition) is 5. The van der Waals surface area contributed by atoms with E-state index in [1.165, 1.54) is 38.2 Å². The molecule has 1 aliphatic heterocycles. The zero-order chi connectivity index (χ0) is 36.8. The molecule has 6 nitrogen and oxygen atoms in total. The molecule has 1 heterocycles. The van der Waals surface area contributed by atoms with Gasteiger partial charge >= 0.3 is 18.4 Å². The smallest absolute Gasteiger partial charge is 0.416 e. The molecule has 50 heavy (non-hydrogen) atoms. The molecule has 0 saturated carbocycles. The Morgan fingerprint density at radius 3 is 2.24 bits per heavy atom. The van der Waals surface area contributed by atoms with E-state index in [-0.39, 0.29) is 30.4 Å². The van der Waals surface area contributed by atoms with Crippen molar-refractivity contribution in [3.63, 3.8) is 0 Å². The third-order valence-electron chi connectivity index (χ3n) is 9.28. The molecule has 0 radical (unpaired) electrons. The van der Waals surface area contributed by atoms with Crippen molar-refractivity contribution in [1.82, 2.24) is 4.90 Å². The minimum atomic E-state index is -5.07. The summed E-state index contributed by atoms with van der Waals surface area (Å²) in [4.78, 5) is 14.5. The molecule has 0 spiro atoms. The van der Waals surface area contributed by atoms with E-state index < -0.39 is 65.4 Å². The first-order chi connectivity index (χ1) is 23.3. The quantitative estimate of drug-likeness (QED) is 0.191. The van der Waals surface area contributed by atoms with Crippen LogP contribution in [0.2, 0.25) is 0 Å². The summed E-state index contributed by atoms with van der Waals surface area (Å²) in [5.41, 5.74) is -0.721. The molecule has 1 saturated heterocycles. The van der Waals surface area contributed by atoms with E-state index in [1.54, 1.807) is 18.2 Å². The van der Waals surface area contributed by atoms with E-state index >= 15 is 0 Å². The maximum absolute atomic E-state index is 15.0. The van der Waals surface area contributed by atoms with E-state index in [0.717, 1.165) is 17.6 Å². The number of methoxy groups -OCH3 is 2. The van der Waals surface area contributed by atoms with Crippen LogP contribution in [0.3, 0.4) is 0 Å². The molecule has 2 aromatic carbocycles. The van der Waals surface area contributed by atoms with Gasteiger partial charge in [0.15, 0.2) is 6.17 Å². The Kier molecular flexibility index (Phi) is 10.5. The van der Waals surface area contributed by atoms with Crippen molar-refractivity contribution in [3.8, 4) is 5.75 Å². The first-order valence-corrected chi connectivity index (χ1v) is 15.8. The number of amides is 1. The van der Waals surface area contributed by atoms with Crippen LogP contribution in [0.15, 0.2) is 60.0 Å². The molecule has 1 amide bonds. The molecular formula is C36H37F8NO5. The molecule has 2 aliphatic carbocycles. The maximum Gasteiger partial charge on any atom is 0.416 e. The first-order valence-electron chi connectivity index (χ1n) is 15.8. The van der Waals surface area contributed by atoms with Crippen LogP contribution in [0.1, 0.15) is 74.0 Å². The zero-order valence-corrected chi connectivity index (χ0v) is 28.0. The van der Waals surface area contributed by atoms with E-state index in [9.17, 15) is 39.9 Å². The van der Waals surface area contributed by atoms with Gasteiger partial charge in [-0.3, -0.25) is 4.90 Å². The summed E-state index contributed by atoms with van der Waals surface area (Å²) < 4.78 is 133. The summed E-state index contributed by atoms with van der Waals surface area (Å²) in [5.74, 6) is -0.360. The lowest BCUT2D eigenvalue weighted by molar-refractivity contribution is -0.143. The van der Waals surface area contributed by atoms with Crippen LogP contribution in [0.4, 0.5) is 39.9 Å². The SMILES string of the molecule is COCOC1C(F)=CC(c2ccc(OC)c(C3=C(CN4C(=O)O[C@H](c5cc(C(F)(F)F)cc(C(F)(F)F)c5)[C@@H]4C)CC(C)(C)CC3)c2)=CC1F. The van der Waals surface area contributed by atoms with Crippen LogP contribution in [-0.2, 0) is 26.6 Å². The first kappa shape index (κ1) is 37.3. The van der Waals surface area contributed by atoms with Crippen molar-refractivity contribution in [2.24, 2.45) is 5.41 Å². The molecule has 0 N–H and O–H groups in total. The van der Waals surface area contributed by atoms with Crippen molar-refractivity contribution in [1.29, 1.82) is 0 Å². The molecule has 2 aromatic rings. The molecule has 2 unspecified atom stereocenters. The van der Waals surface area contributed by atoms with Gasteiger partial charge in [-0.15, -0.1) is 0 Å². The Balaban J connectivity index is 1.52. The van der Waals surface area contributed by atoms with Gasteiger partial charge in [0.1, 0.15) is 30.6 Å². The van der Waals surface area contributed by atoms with Gasteiger partial charge in [-0.05, 0) is 102 Å². The highest BCUT2D eigenvalue weighted by atomic mass is 19.4. The van der Waals surface area contributed by atoms with Gasteiger partial charge in [-0.25, -0.2) is 13.6 Å². The van der Waals surface area contributed by atoms with Crippen LogP contribution in [0, 0.1) is 5.41 Å². The zero-order valence-electron chi connectivity index (χ0n) is 28.0. The molecule has 272 valence electrons. The van der Waals surface area contributed by atoms with Crippen LogP contribution < -0.4 is 4.74 Å². The summed E-state index contributed by atoms with van der Waals surface area (Å²) in [5, 5.41) is 0. The third-order valence-corrected chi connectivity index (χ3v) is 9.28. The van der Waals surface area contributed by atoms with Gasteiger partial charge < -0.3 is 18.9 Å². The Bertz CT molecular complexity index is 1680. The predicted molar refractivity (Wildman–Crippen MR) is 168 cm³/mol. The third kappa shape index (κ3) is 7.85. The number of nitrogens with zero attached hydrogens (tertiary/aromatic N) is 1. The second-order valence-corrected chi connectivity index (χ2v) is 13.4. The molecule has 0 aromatic heterocycles. The van der Waals surface area contributed by atoms with Gasteiger partial charge in [-0.1, -0.05) is 19.9 Å². The van der Waals surface area contributed by atoms with Crippen molar-refractivity contribution in [2.45, 2.75) is 76.8 Å². The summed E-state index contributed by atoms with van der Waals surface area (Å²) in [7, 11) is 2.80. The summed E-state index contributed by atoms with van der Waals surface area (Å²) in [6.07, 6.45) is -11.5. The van der Waals surface area contributed by atoms with Crippen molar-refractivity contribution < 1.29 is 58.9 Å². The topological polar surface area (TPSA) is 57.2 Å². The Morgan fingerprint density at radius 1 is 1.00 bits per heavy atom. The lowest BCUT2D eigenvalue weighted by Gasteiger charge is -2.36. The average molecular weight is 716 g/mol. The maximum atomic E-state index is 15.0. The fraction of sp³-hybridized carbons (Fsp3) is 0.472. The van der Waals surface area contributed by atoms with E-state index in [2.05, 4.69) is 0 Å². The molecule has 1 fully saturated rings. The van der Waals surface area contributed by atoms with E-state index in [0.29, 0.717) is 41.9 Å². The van der Waals surface area contributed by atoms with Crippen LogP contribution >= 0.6 is 0 Å². The van der Waals surface area contributed by atoms with Gasteiger partial charge in [-0.2, -0.15) is 26.3 Å². The summed E-state index contributed by atoms with van der Waals surface area (Å²) in [6, 6.07) is 5.29. The average Bonchev–Trinajstić information content (AvgIpc) is 3.31. The van der Waals surface area contributed by atoms with Crippen molar-refractivity contribution in [2.75, 3.05) is 27.6 Å². The number of carbonyl (C=O) groups is 1. The fourth-order valence-corrected chi connectivity index (χ4v) is 6.70. The van der Waals surface area contributed by atoms with Gasteiger partial charge in [0.25, 0.3) is 0 Å². The van der Waals surface area contributed by atoms with Crippen molar-refractivity contribution in [3.05, 3.63) is 87.8 Å². The number of benzene rings is 2. The number of carbonyl (C=O) groups excluding carboxylic acids is 1. The van der Waals surface area contributed by atoms with Crippen LogP contribution in [0.5, 0.6) is 5.75 Å². The largest absolute Gasteiger partial charge is 0.496 e. The Morgan fingerprint density at radius 2 is 1.66 bits per heavy atom. The monoisotopic (exact) mass is 715 g/mol. The lowest BCUT2D eigenvalue weighted by atomic mass is 9.72. The van der Waals surface area contributed by atoms with Crippen molar-refractivity contribution >= 4 is 17.2 Å². The molecule has 3 aliphatic rings. The van der Waals surface area contributed by atoms with E-state index in [1.807, 2.05) is 13.8 Å². The second kappa shape index (κ2) is 14.0. The number of alkyl halides is 7. The predicted octanol–water partition coefficient (Wildman–Crippen LogP) is 9.86. The van der Waals surface area contributed by atoms with Gasteiger partial charge in [0.05, 0.1) is 24.3 Å². The van der Waals surface area contributed by atoms with Gasteiger partial charge in [0.2, 0.25) is 0 Å². The van der Waals surface area contributed by atoms with Crippen LogP contribution in [-0.4, -0.2) is 56.9 Å². The molecule has 14 heteroatoms. The Hall–Kier alpha value is -3.91. The minimum absolute atomic E-state index is 0.0280. The summed E-state index contributed by atoms with van der Waals surface area (Å²) in [6.45, 7) is 5.25. The molecule has 0 bridgehead atoms. The molecule has 4 atom stereocenters.